The van der Waals surface area contributed by atoms with Gasteiger partial charge in [0.2, 0.25) is 0 Å². The maximum Gasteiger partial charge on any atom is 0.279 e. The van der Waals surface area contributed by atoms with Crippen molar-refractivity contribution in [1.82, 2.24) is 5.32 Å². The largest absolute Gasteiger partial charge is 0.348 e. The molecule has 3 rings (SSSR count). The summed E-state index contributed by atoms with van der Waals surface area (Å²) < 4.78 is 0. The second-order valence-corrected chi connectivity index (χ2v) is 8.72. The van der Waals surface area contributed by atoms with Crippen LogP contribution in [-0.2, 0) is 9.59 Å². The molecule has 2 atom stereocenters. The number of nitrogens with one attached hydrogen (secondary N) is 4. The zero-order chi connectivity index (χ0) is 19.9. The minimum Gasteiger partial charge on any atom is -0.348 e. The van der Waals surface area contributed by atoms with Gasteiger partial charge in [-0.3, -0.25) is 9.59 Å². The van der Waals surface area contributed by atoms with Crippen molar-refractivity contribution in [2.24, 2.45) is 5.92 Å². The molecule has 1 aliphatic heterocycles. The van der Waals surface area contributed by atoms with Crippen LogP contribution in [0.3, 0.4) is 0 Å². The van der Waals surface area contributed by atoms with Crippen LogP contribution in [0.5, 0.6) is 0 Å². The lowest BCUT2D eigenvalue weighted by Crippen LogP contribution is -3.28. The van der Waals surface area contributed by atoms with E-state index in [9.17, 15) is 9.59 Å². The molecule has 0 radical (unpaired) electrons. The minimum atomic E-state index is -0.0180. The summed E-state index contributed by atoms with van der Waals surface area (Å²) in [6.07, 6.45) is 4.84. The van der Waals surface area contributed by atoms with E-state index >= 15 is 0 Å². The zero-order valence-corrected chi connectivity index (χ0v) is 17.5. The van der Waals surface area contributed by atoms with Gasteiger partial charge in [0.25, 0.3) is 11.8 Å². The molecule has 6 nitrogen and oxygen atoms in total. The number of benzene rings is 1. The van der Waals surface area contributed by atoms with Crippen LogP contribution in [0.2, 0.25) is 5.02 Å². The quantitative estimate of drug-likeness (QED) is 0.524. The first-order chi connectivity index (χ1) is 13.5. The number of para-hydroxylation sites is 1. The first-order valence-corrected chi connectivity index (χ1v) is 10.9. The van der Waals surface area contributed by atoms with E-state index in [1.807, 2.05) is 18.2 Å². The van der Waals surface area contributed by atoms with Crippen LogP contribution < -0.4 is 20.4 Å². The third-order valence-corrected chi connectivity index (χ3v) is 6.42. The molecule has 2 aliphatic rings. The molecule has 1 saturated carbocycles. The van der Waals surface area contributed by atoms with Crippen molar-refractivity contribution in [3.8, 4) is 0 Å². The number of piperazine rings is 1. The molecule has 0 spiro atoms. The zero-order valence-electron chi connectivity index (χ0n) is 16.7. The van der Waals surface area contributed by atoms with Gasteiger partial charge >= 0.3 is 0 Å². The monoisotopic (exact) mass is 408 g/mol. The Labute approximate surface area is 172 Å². The van der Waals surface area contributed by atoms with Crippen LogP contribution in [-0.4, -0.2) is 57.1 Å². The second kappa shape index (κ2) is 10.2. The number of hydrogen-bond acceptors (Lipinski definition) is 2. The van der Waals surface area contributed by atoms with Crippen molar-refractivity contribution in [3.05, 3.63) is 29.3 Å². The van der Waals surface area contributed by atoms with Gasteiger partial charge in [-0.05, 0) is 30.9 Å². The highest BCUT2D eigenvalue weighted by Gasteiger charge is 2.28. The van der Waals surface area contributed by atoms with E-state index in [1.165, 1.54) is 29.1 Å². The van der Waals surface area contributed by atoms with Gasteiger partial charge in [0.05, 0.1) is 10.7 Å². The molecule has 1 aliphatic carbocycles. The molecule has 1 aromatic carbocycles. The third kappa shape index (κ3) is 6.19. The number of carbonyl (C=O) groups is 2. The van der Waals surface area contributed by atoms with Gasteiger partial charge in [-0.25, -0.2) is 0 Å². The van der Waals surface area contributed by atoms with Crippen LogP contribution in [0.1, 0.15) is 32.6 Å². The summed E-state index contributed by atoms with van der Waals surface area (Å²) in [6.45, 7) is 6.86. The molecule has 0 aromatic heterocycles. The molecule has 2 amide bonds. The second-order valence-electron chi connectivity index (χ2n) is 8.32. The van der Waals surface area contributed by atoms with Crippen LogP contribution in [0.25, 0.3) is 0 Å². The van der Waals surface area contributed by atoms with Crippen LogP contribution in [0.15, 0.2) is 24.3 Å². The lowest BCUT2D eigenvalue weighted by molar-refractivity contribution is -1.00. The van der Waals surface area contributed by atoms with Crippen molar-refractivity contribution in [1.29, 1.82) is 0 Å². The van der Waals surface area contributed by atoms with E-state index in [0.717, 1.165) is 32.6 Å². The maximum absolute atomic E-state index is 12.4. The Bertz CT molecular complexity index is 676. The molecule has 154 valence electrons. The summed E-state index contributed by atoms with van der Waals surface area (Å²) in [5.74, 6) is 0.745. The summed E-state index contributed by atoms with van der Waals surface area (Å²) in [5.41, 5.74) is 0.659. The summed E-state index contributed by atoms with van der Waals surface area (Å²) in [5, 5.41) is 6.69. The number of amides is 2. The number of hydrogen-bond donors (Lipinski definition) is 4. The van der Waals surface area contributed by atoms with E-state index in [4.69, 9.17) is 11.6 Å². The molecule has 1 saturated heterocycles. The smallest absolute Gasteiger partial charge is 0.279 e. The Morgan fingerprint density at radius 1 is 1.00 bits per heavy atom. The lowest BCUT2D eigenvalue weighted by atomic mass is 9.86. The molecular weight excluding hydrogens is 376 g/mol. The normalized spacial score (nSPS) is 27.8. The van der Waals surface area contributed by atoms with Gasteiger partial charge in [0, 0.05) is 6.04 Å². The standard InChI is InChI=1S/C21H31ClN4O2/c1-16-6-2-4-8-18(16)23-20(27)14-25-10-12-26(13-11-25)15-21(28)24-19-9-5-3-7-17(19)22/h3,5,7,9,16,18H,2,4,6,8,10-15H2,1H3,(H,23,27)(H,24,28)/p+2/t16-,18-/m0/s1. The fraction of sp³-hybridized carbons (Fsp3) is 0.619. The number of anilines is 1. The maximum atomic E-state index is 12.4. The molecule has 0 unspecified atom stereocenters. The Hall–Kier alpha value is -1.63. The van der Waals surface area contributed by atoms with E-state index in [0.29, 0.717) is 35.8 Å². The van der Waals surface area contributed by atoms with Gasteiger partial charge < -0.3 is 20.4 Å². The Kier molecular flexibility index (Phi) is 7.71. The summed E-state index contributed by atoms with van der Waals surface area (Å²) in [6, 6.07) is 7.63. The fourth-order valence-corrected chi connectivity index (χ4v) is 4.49. The first kappa shape index (κ1) is 21.1. The molecule has 4 N–H and O–H groups in total. The van der Waals surface area contributed by atoms with Gasteiger partial charge in [-0.15, -0.1) is 0 Å². The molecule has 0 bridgehead atoms. The lowest BCUT2D eigenvalue weighted by Gasteiger charge is -2.31. The van der Waals surface area contributed by atoms with Crippen LogP contribution in [0, 0.1) is 5.92 Å². The molecule has 1 heterocycles. The molecule has 28 heavy (non-hydrogen) atoms. The Morgan fingerprint density at radius 2 is 1.61 bits per heavy atom. The molecule has 7 heteroatoms. The van der Waals surface area contributed by atoms with Crippen molar-refractivity contribution in [2.75, 3.05) is 44.6 Å². The Morgan fingerprint density at radius 3 is 2.25 bits per heavy atom. The van der Waals surface area contributed by atoms with Crippen molar-refractivity contribution >= 4 is 29.1 Å². The van der Waals surface area contributed by atoms with Gasteiger partial charge in [-0.2, -0.15) is 0 Å². The topological polar surface area (TPSA) is 67.1 Å². The van der Waals surface area contributed by atoms with E-state index < -0.39 is 0 Å². The molecular formula is C21H33ClN4O2+2. The fourth-order valence-electron chi connectivity index (χ4n) is 4.31. The van der Waals surface area contributed by atoms with E-state index in [-0.39, 0.29) is 11.8 Å². The van der Waals surface area contributed by atoms with Crippen LogP contribution >= 0.6 is 11.6 Å². The predicted octanol–water partition coefficient (Wildman–Crippen LogP) is -0.243. The highest BCUT2D eigenvalue weighted by Crippen LogP contribution is 2.23. The van der Waals surface area contributed by atoms with Crippen LogP contribution in [0.4, 0.5) is 5.69 Å². The van der Waals surface area contributed by atoms with Gasteiger partial charge in [-0.1, -0.05) is 43.5 Å². The number of halogens is 1. The molecule has 1 aromatic rings. The highest BCUT2D eigenvalue weighted by atomic mass is 35.5. The first-order valence-electron chi connectivity index (χ1n) is 10.5. The number of carbonyl (C=O) groups excluding carboxylic acids is 2. The average Bonchev–Trinajstić information content (AvgIpc) is 2.67. The van der Waals surface area contributed by atoms with Crippen molar-refractivity contribution in [3.63, 3.8) is 0 Å². The Balaban J connectivity index is 1.36. The van der Waals surface area contributed by atoms with Gasteiger partial charge in [0.1, 0.15) is 26.2 Å². The minimum absolute atomic E-state index is 0.0180. The average molecular weight is 409 g/mol. The van der Waals surface area contributed by atoms with Crippen molar-refractivity contribution < 1.29 is 19.4 Å². The van der Waals surface area contributed by atoms with Crippen molar-refractivity contribution in [2.45, 2.75) is 38.6 Å². The van der Waals surface area contributed by atoms with E-state index in [2.05, 4.69) is 17.6 Å². The molecule has 2 fully saturated rings. The predicted molar refractivity (Wildman–Crippen MR) is 111 cm³/mol. The summed E-state index contributed by atoms with van der Waals surface area (Å²) in [4.78, 5) is 27.3. The summed E-state index contributed by atoms with van der Waals surface area (Å²) >= 11 is 6.09. The van der Waals surface area contributed by atoms with Gasteiger partial charge in [0.15, 0.2) is 13.1 Å². The highest BCUT2D eigenvalue weighted by molar-refractivity contribution is 6.33. The summed E-state index contributed by atoms with van der Waals surface area (Å²) in [7, 11) is 0. The third-order valence-electron chi connectivity index (χ3n) is 6.09. The number of rotatable bonds is 6. The van der Waals surface area contributed by atoms with E-state index in [1.54, 1.807) is 6.07 Å². The number of quaternary nitrogens is 2. The SMILES string of the molecule is C[C@H]1CCCC[C@@H]1NC(=O)C[NH+]1CC[NH+](CC(=O)Nc2ccccc2Cl)CC1.